The molecule has 6 heteroatoms. The molecule has 0 amide bonds. The Morgan fingerprint density at radius 1 is 1.10 bits per heavy atom. The molecule has 21 heavy (non-hydrogen) atoms. The molecule has 2 heterocycles. The minimum Gasteiger partial charge on any atom is -0.493 e. The van der Waals surface area contributed by atoms with Gasteiger partial charge in [0, 0.05) is 24.2 Å². The van der Waals surface area contributed by atoms with Crippen LogP contribution in [0, 0.1) is 0 Å². The first-order valence-electron chi connectivity index (χ1n) is 6.66. The van der Waals surface area contributed by atoms with Crippen LogP contribution in [-0.4, -0.2) is 22.3 Å². The fourth-order valence-electron chi connectivity index (χ4n) is 2.00. The summed E-state index contributed by atoms with van der Waals surface area (Å²) in [4.78, 5) is 4.10. The first-order chi connectivity index (χ1) is 10.3. The maximum Gasteiger partial charge on any atom is 0.253 e. The normalized spacial score (nSPS) is 10.8. The third-order valence-corrected chi connectivity index (χ3v) is 3.09. The largest absolute Gasteiger partial charge is 0.493 e. The van der Waals surface area contributed by atoms with Crippen molar-refractivity contribution in [2.24, 2.45) is 0 Å². The highest BCUT2D eigenvalue weighted by Gasteiger charge is 2.10. The topological polar surface area (TPSA) is 70.3 Å². The second kappa shape index (κ2) is 5.78. The number of hydrogen-bond acceptors (Lipinski definition) is 6. The summed E-state index contributed by atoms with van der Waals surface area (Å²) >= 11 is 0. The number of pyridine rings is 1. The van der Waals surface area contributed by atoms with Gasteiger partial charge < -0.3 is 13.9 Å². The summed E-state index contributed by atoms with van der Waals surface area (Å²) in [7, 11) is 1.61. The third-order valence-electron chi connectivity index (χ3n) is 3.09. The lowest BCUT2D eigenvalue weighted by Gasteiger charge is -2.10. The quantitative estimate of drug-likeness (QED) is 0.718. The van der Waals surface area contributed by atoms with E-state index in [0.29, 0.717) is 29.7 Å². The molecular formula is C15H15N3O3. The van der Waals surface area contributed by atoms with Gasteiger partial charge in [-0.2, -0.15) is 0 Å². The van der Waals surface area contributed by atoms with Gasteiger partial charge in [-0.1, -0.05) is 6.92 Å². The van der Waals surface area contributed by atoms with Crippen molar-refractivity contribution in [2.45, 2.75) is 20.0 Å². The van der Waals surface area contributed by atoms with Crippen LogP contribution < -0.4 is 9.47 Å². The number of aryl methyl sites for hydroxylation is 1. The lowest BCUT2D eigenvalue weighted by molar-refractivity contribution is 0.247. The Hall–Kier alpha value is -2.63. The lowest BCUT2D eigenvalue weighted by Crippen LogP contribution is -1.98. The van der Waals surface area contributed by atoms with Crippen LogP contribution in [0.5, 0.6) is 11.5 Å². The molecule has 0 bridgehead atoms. The maximum atomic E-state index is 5.73. The summed E-state index contributed by atoms with van der Waals surface area (Å²) in [6.45, 7) is 2.16. The Bertz CT molecular complexity index is 755. The van der Waals surface area contributed by atoms with Crippen LogP contribution in [0.1, 0.15) is 18.7 Å². The van der Waals surface area contributed by atoms with Crippen LogP contribution in [0.25, 0.3) is 10.8 Å². The van der Waals surface area contributed by atoms with E-state index in [1.807, 2.05) is 25.1 Å². The highest BCUT2D eigenvalue weighted by Crippen LogP contribution is 2.32. The van der Waals surface area contributed by atoms with Gasteiger partial charge in [0.15, 0.2) is 18.1 Å². The van der Waals surface area contributed by atoms with Crippen molar-refractivity contribution in [1.29, 1.82) is 0 Å². The highest BCUT2D eigenvalue weighted by molar-refractivity contribution is 5.85. The predicted molar refractivity (Wildman–Crippen MR) is 76.3 cm³/mol. The summed E-state index contributed by atoms with van der Waals surface area (Å²) in [6, 6.07) is 5.73. The maximum absolute atomic E-state index is 5.73. The zero-order valence-electron chi connectivity index (χ0n) is 11.9. The Morgan fingerprint density at radius 2 is 1.90 bits per heavy atom. The van der Waals surface area contributed by atoms with Crippen LogP contribution >= 0.6 is 0 Å². The number of methoxy groups -OCH3 is 1. The van der Waals surface area contributed by atoms with E-state index in [-0.39, 0.29) is 6.61 Å². The average Bonchev–Trinajstić information content (AvgIpc) is 3.00. The fraction of sp³-hybridized carbons (Fsp3) is 0.267. The zero-order chi connectivity index (χ0) is 14.7. The summed E-state index contributed by atoms with van der Waals surface area (Å²) in [5, 5.41) is 9.85. The number of fused-ring (bicyclic) bond motifs is 1. The number of hydrogen-bond donors (Lipinski definition) is 0. The molecule has 0 spiro atoms. The molecule has 108 valence electrons. The highest BCUT2D eigenvalue weighted by atomic mass is 16.5. The van der Waals surface area contributed by atoms with Crippen molar-refractivity contribution in [1.82, 2.24) is 15.2 Å². The average molecular weight is 285 g/mol. The van der Waals surface area contributed by atoms with E-state index < -0.39 is 0 Å². The molecule has 0 aliphatic heterocycles. The smallest absolute Gasteiger partial charge is 0.253 e. The van der Waals surface area contributed by atoms with E-state index in [0.717, 1.165) is 10.8 Å². The van der Waals surface area contributed by atoms with Gasteiger partial charge in [-0.3, -0.25) is 4.98 Å². The Balaban J connectivity index is 1.85. The van der Waals surface area contributed by atoms with Gasteiger partial charge in [0.1, 0.15) is 0 Å². The van der Waals surface area contributed by atoms with Gasteiger partial charge >= 0.3 is 0 Å². The van der Waals surface area contributed by atoms with Crippen molar-refractivity contribution < 1.29 is 13.9 Å². The summed E-state index contributed by atoms with van der Waals surface area (Å²) < 4.78 is 16.5. The Labute approximate surface area is 121 Å². The first-order valence-corrected chi connectivity index (χ1v) is 6.66. The fourth-order valence-corrected chi connectivity index (χ4v) is 2.00. The van der Waals surface area contributed by atoms with E-state index in [1.165, 1.54) is 0 Å². The van der Waals surface area contributed by atoms with Gasteiger partial charge in [-0.05, 0) is 23.6 Å². The van der Waals surface area contributed by atoms with E-state index >= 15 is 0 Å². The van der Waals surface area contributed by atoms with E-state index in [4.69, 9.17) is 13.9 Å². The molecule has 0 radical (unpaired) electrons. The monoisotopic (exact) mass is 285 g/mol. The molecule has 3 aromatic rings. The molecule has 0 saturated heterocycles. The molecule has 0 fully saturated rings. The molecule has 3 rings (SSSR count). The standard InChI is InChI=1S/C15H15N3O3/c1-3-14-17-18-15(21-14)9-20-13-7-11-8-16-5-4-10(11)6-12(13)19-2/h4-8H,3,9H2,1-2H3. The van der Waals surface area contributed by atoms with Crippen LogP contribution in [0.4, 0.5) is 0 Å². The van der Waals surface area contributed by atoms with Crippen molar-refractivity contribution >= 4 is 10.8 Å². The number of nitrogens with zero attached hydrogens (tertiary/aromatic N) is 3. The molecular weight excluding hydrogens is 270 g/mol. The summed E-state index contributed by atoms with van der Waals surface area (Å²) in [6.07, 6.45) is 4.23. The van der Waals surface area contributed by atoms with E-state index in [1.54, 1.807) is 19.5 Å². The van der Waals surface area contributed by atoms with Gasteiger partial charge in [0.05, 0.1) is 7.11 Å². The molecule has 2 aromatic heterocycles. The van der Waals surface area contributed by atoms with Gasteiger partial charge in [0.2, 0.25) is 5.89 Å². The van der Waals surface area contributed by atoms with Gasteiger partial charge in [-0.25, -0.2) is 0 Å². The van der Waals surface area contributed by atoms with Gasteiger partial charge in [0.25, 0.3) is 5.89 Å². The zero-order valence-corrected chi connectivity index (χ0v) is 11.9. The van der Waals surface area contributed by atoms with E-state index in [2.05, 4.69) is 15.2 Å². The van der Waals surface area contributed by atoms with Crippen LogP contribution in [0.2, 0.25) is 0 Å². The molecule has 0 unspecified atom stereocenters. The number of benzene rings is 1. The second-order valence-electron chi connectivity index (χ2n) is 4.46. The minimum atomic E-state index is 0.204. The molecule has 0 saturated carbocycles. The second-order valence-corrected chi connectivity index (χ2v) is 4.46. The van der Waals surface area contributed by atoms with E-state index in [9.17, 15) is 0 Å². The minimum absolute atomic E-state index is 0.204. The summed E-state index contributed by atoms with van der Waals surface area (Å²) in [5.74, 6) is 2.32. The molecule has 0 N–H and O–H groups in total. The molecule has 6 nitrogen and oxygen atoms in total. The van der Waals surface area contributed by atoms with Crippen molar-refractivity contribution in [3.63, 3.8) is 0 Å². The molecule has 0 atom stereocenters. The van der Waals surface area contributed by atoms with Crippen LogP contribution in [-0.2, 0) is 13.0 Å². The van der Waals surface area contributed by atoms with Crippen molar-refractivity contribution in [2.75, 3.05) is 7.11 Å². The van der Waals surface area contributed by atoms with Crippen LogP contribution in [0.3, 0.4) is 0 Å². The molecule has 0 aliphatic rings. The number of aromatic nitrogens is 3. The van der Waals surface area contributed by atoms with Crippen molar-refractivity contribution in [3.05, 3.63) is 42.4 Å². The summed E-state index contributed by atoms with van der Waals surface area (Å²) in [5.41, 5.74) is 0. The first kappa shape index (κ1) is 13.4. The Morgan fingerprint density at radius 3 is 2.67 bits per heavy atom. The van der Waals surface area contributed by atoms with Gasteiger partial charge in [-0.15, -0.1) is 10.2 Å². The SMILES string of the molecule is CCc1nnc(COc2cc3cnccc3cc2OC)o1. The van der Waals surface area contributed by atoms with Crippen LogP contribution in [0.15, 0.2) is 35.0 Å². The number of rotatable bonds is 5. The third kappa shape index (κ3) is 2.79. The van der Waals surface area contributed by atoms with Crippen molar-refractivity contribution in [3.8, 4) is 11.5 Å². The lowest BCUT2D eigenvalue weighted by atomic mass is 10.1. The predicted octanol–water partition coefficient (Wildman–Crippen LogP) is 2.77. The number of ether oxygens (including phenoxy) is 2. The molecule has 0 aliphatic carbocycles. The Kier molecular flexibility index (Phi) is 3.68. The molecule has 1 aromatic carbocycles.